The molecule has 0 aromatic heterocycles. The second-order valence-electron chi connectivity index (χ2n) is 9.26. The van der Waals surface area contributed by atoms with Crippen LogP contribution in [0, 0.1) is 0 Å². The van der Waals surface area contributed by atoms with Crippen molar-refractivity contribution in [3.8, 4) is 0 Å². The molecule has 17 heavy (non-hydrogen) atoms. The van der Waals surface area contributed by atoms with Gasteiger partial charge in [0.05, 0.1) is 0 Å². The molecular formula is C12H35NSi4. The smallest absolute Gasteiger partial charge is 0.110 e. The van der Waals surface area contributed by atoms with Crippen LogP contribution in [0.5, 0.6) is 0 Å². The average molecular weight is 306 g/mol. The number of nitrogens with one attached hydrogen (secondary N) is 1. The molecule has 5 heteroatoms. The summed E-state index contributed by atoms with van der Waals surface area (Å²) < 4.78 is 4.16. The lowest BCUT2D eigenvalue weighted by molar-refractivity contribution is 1.21. The molecule has 0 saturated carbocycles. The zero-order valence-electron chi connectivity index (χ0n) is 14.1. The van der Waals surface area contributed by atoms with E-state index >= 15 is 0 Å². The van der Waals surface area contributed by atoms with E-state index in [0.29, 0.717) is 0 Å². The first-order chi connectivity index (χ1) is 7.07. The van der Waals surface area contributed by atoms with Gasteiger partial charge in [0, 0.05) is 16.1 Å². The van der Waals surface area contributed by atoms with Crippen LogP contribution in [0.2, 0.25) is 76.8 Å². The molecule has 0 rings (SSSR count). The van der Waals surface area contributed by atoms with E-state index in [4.69, 9.17) is 0 Å². The molecule has 0 spiro atoms. The Bertz CT molecular complexity index is 241. The highest BCUT2D eigenvalue weighted by atomic mass is 28.5. The maximum atomic E-state index is 4.16. The van der Waals surface area contributed by atoms with Gasteiger partial charge in [0.1, 0.15) is 16.5 Å². The van der Waals surface area contributed by atoms with Crippen LogP contribution >= 0.6 is 0 Å². The zero-order chi connectivity index (χ0) is 14.3. The predicted molar refractivity (Wildman–Crippen MR) is 94.4 cm³/mol. The van der Waals surface area contributed by atoms with Gasteiger partial charge >= 0.3 is 0 Å². The van der Waals surface area contributed by atoms with Crippen molar-refractivity contribution in [2.45, 2.75) is 76.8 Å². The summed E-state index contributed by atoms with van der Waals surface area (Å²) in [5.74, 6) is 0. The second kappa shape index (κ2) is 5.07. The van der Waals surface area contributed by atoms with E-state index in [0.717, 1.165) is 4.79 Å². The van der Waals surface area contributed by atoms with Gasteiger partial charge in [-0.2, -0.15) is 0 Å². The number of hydrogen-bond acceptors (Lipinski definition) is 1. The zero-order valence-corrected chi connectivity index (χ0v) is 18.1. The maximum Gasteiger partial charge on any atom is 0.110 e. The van der Waals surface area contributed by atoms with E-state index in [1.165, 1.54) is 0 Å². The molecule has 0 atom stereocenters. The molecular weight excluding hydrogens is 270 g/mol. The molecule has 0 amide bonds. The van der Waals surface area contributed by atoms with Gasteiger partial charge in [0.25, 0.3) is 0 Å². The number of hydrogen-bond donors (Lipinski definition) is 1. The van der Waals surface area contributed by atoms with Crippen molar-refractivity contribution in [2.75, 3.05) is 0 Å². The molecule has 0 aliphatic carbocycles. The number of rotatable bonds is 5. The van der Waals surface area contributed by atoms with Crippen LogP contribution < -0.4 is 4.65 Å². The third-order valence-corrected chi connectivity index (χ3v) is 28.4. The maximum absolute atomic E-state index is 4.16. The summed E-state index contributed by atoms with van der Waals surface area (Å²) in [6.07, 6.45) is 0. The van der Waals surface area contributed by atoms with Crippen molar-refractivity contribution in [3.63, 3.8) is 0 Å². The van der Waals surface area contributed by atoms with Gasteiger partial charge in [-0.1, -0.05) is 72.0 Å². The van der Waals surface area contributed by atoms with Crippen LogP contribution in [0.25, 0.3) is 0 Å². The Kier molecular flexibility index (Phi) is 5.32. The van der Waals surface area contributed by atoms with Gasteiger partial charge < -0.3 is 4.65 Å². The minimum atomic E-state index is -1.30. The Labute approximate surface area is 114 Å². The lowest BCUT2D eigenvalue weighted by Crippen LogP contribution is -2.68. The Balaban J connectivity index is 5.34. The summed E-state index contributed by atoms with van der Waals surface area (Å²) in [6, 6.07) is 0. The quantitative estimate of drug-likeness (QED) is 0.723. The highest BCUT2D eigenvalue weighted by Gasteiger charge is 2.49. The van der Waals surface area contributed by atoms with Gasteiger partial charge in [0.2, 0.25) is 0 Å². The topological polar surface area (TPSA) is 12.0 Å². The van der Waals surface area contributed by atoms with E-state index in [1.807, 2.05) is 0 Å². The van der Waals surface area contributed by atoms with Crippen LogP contribution in [0.3, 0.4) is 0 Å². The first kappa shape index (κ1) is 17.8. The lowest BCUT2D eigenvalue weighted by atomic mass is 11.7. The van der Waals surface area contributed by atoms with Crippen LogP contribution in [-0.4, -0.2) is 32.6 Å². The Morgan fingerprint density at radius 2 is 0.882 bits per heavy atom. The van der Waals surface area contributed by atoms with Crippen LogP contribution in [0.1, 0.15) is 0 Å². The Morgan fingerprint density at radius 1 is 0.588 bits per heavy atom. The molecule has 0 radical (unpaired) electrons. The SMILES string of the molecule is C[Si](C)(C)N[Si](C)(C)C([Si](C)(C)C)[Si](C)(C)C. The standard InChI is InChI=1S/C12H35NSi4/c1-14(2,3)12(15(4,5)6)17(10,11)13-16(7,8)9/h12-13H,1-11H3. The van der Waals surface area contributed by atoms with E-state index < -0.39 is 32.6 Å². The minimum Gasteiger partial charge on any atom is -0.360 e. The first-order valence-corrected chi connectivity index (χ1v) is 20.6. The van der Waals surface area contributed by atoms with Crippen LogP contribution in [0.15, 0.2) is 0 Å². The van der Waals surface area contributed by atoms with Gasteiger partial charge in [0.15, 0.2) is 0 Å². The van der Waals surface area contributed by atoms with E-state index in [9.17, 15) is 0 Å². The molecule has 0 bridgehead atoms. The fourth-order valence-electron chi connectivity index (χ4n) is 4.50. The highest BCUT2D eigenvalue weighted by molar-refractivity contribution is 7.13. The van der Waals surface area contributed by atoms with Gasteiger partial charge in [-0.05, 0) is 4.79 Å². The molecule has 0 aromatic carbocycles. The Hall–Kier alpha value is 0.828. The Morgan fingerprint density at radius 3 is 1.06 bits per heavy atom. The summed E-state index contributed by atoms with van der Waals surface area (Å²) in [5, 5.41) is 0. The van der Waals surface area contributed by atoms with Crippen LogP contribution in [0.4, 0.5) is 0 Å². The molecule has 0 aliphatic rings. The predicted octanol–water partition coefficient (Wildman–Crippen LogP) is 4.74. The van der Waals surface area contributed by atoms with E-state index in [2.05, 4.69) is 76.7 Å². The van der Waals surface area contributed by atoms with Crippen LogP contribution in [-0.2, 0) is 0 Å². The minimum absolute atomic E-state index is 1.05. The van der Waals surface area contributed by atoms with Gasteiger partial charge in [-0.15, -0.1) is 0 Å². The molecule has 0 heterocycles. The molecule has 0 unspecified atom stereocenters. The normalized spacial score (nSPS) is 15.5. The fourth-order valence-corrected chi connectivity index (χ4v) is 41.8. The summed E-state index contributed by atoms with van der Waals surface area (Å²) in [7, 11) is -4.61. The molecule has 1 nitrogen and oxygen atoms in total. The molecule has 0 aromatic rings. The monoisotopic (exact) mass is 305 g/mol. The van der Waals surface area contributed by atoms with Gasteiger partial charge in [-0.25, -0.2) is 0 Å². The molecule has 104 valence electrons. The largest absolute Gasteiger partial charge is 0.360 e. The molecule has 0 saturated heterocycles. The summed E-state index contributed by atoms with van der Waals surface area (Å²) >= 11 is 0. The van der Waals surface area contributed by atoms with Crippen molar-refractivity contribution in [1.82, 2.24) is 4.65 Å². The summed E-state index contributed by atoms with van der Waals surface area (Å²) in [6.45, 7) is 28.0. The van der Waals surface area contributed by atoms with E-state index in [-0.39, 0.29) is 0 Å². The second-order valence-corrected chi connectivity index (χ2v) is 31.1. The molecule has 0 fully saturated rings. The van der Waals surface area contributed by atoms with Crippen molar-refractivity contribution in [3.05, 3.63) is 0 Å². The average Bonchev–Trinajstić information content (AvgIpc) is 1.66. The third kappa shape index (κ3) is 6.00. The van der Waals surface area contributed by atoms with E-state index in [1.54, 1.807) is 0 Å². The molecule has 0 aliphatic heterocycles. The van der Waals surface area contributed by atoms with Crippen molar-refractivity contribution in [2.24, 2.45) is 0 Å². The summed E-state index contributed by atoms with van der Waals surface area (Å²) in [4.78, 5) is 1.05. The lowest BCUT2D eigenvalue weighted by Gasteiger charge is -2.50. The highest BCUT2D eigenvalue weighted by Crippen LogP contribution is 2.39. The van der Waals surface area contributed by atoms with Gasteiger partial charge in [-0.3, -0.25) is 0 Å². The van der Waals surface area contributed by atoms with Crippen molar-refractivity contribution >= 4 is 32.6 Å². The molecule has 1 N–H and O–H groups in total. The summed E-state index contributed by atoms with van der Waals surface area (Å²) in [5.41, 5.74) is 0. The fraction of sp³-hybridized carbons (Fsp3) is 1.00. The van der Waals surface area contributed by atoms with Crippen molar-refractivity contribution in [1.29, 1.82) is 0 Å². The van der Waals surface area contributed by atoms with Crippen molar-refractivity contribution < 1.29 is 0 Å². The first-order valence-electron chi connectivity index (χ1n) is 6.87. The third-order valence-electron chi connectivity index (χ3n) is 3.15.